The number of esters is 1. The van der Waals surface area contributed by atoms with Crippen molar-refractivity contribution in [2.24, 2.45) is 11.8 Å². The van der Waals surface area contributed by atoms with Crippen LogP contribution in [0, 0.1) is 11.8 Å². The van der Waals surface area contributed by atoms with Gasteiger partial charge >= 0.3 is 5.97 Å². The van der Waals surface area contributed by atoms with Crippen molar-refractivity contribution in [3.63, 3.8) is 0 Å². The summed E-state index contributed by atoms with van der Waals surface area (Å²) in [6, 6.07) is 0. The van der Waals surface area contributed by atoms with Crippen LogP contribution in [0.2, 0.25) is 0 Å². The Labute approximate surface area is 118 Å². The van der Waals surface area contributed by atoms with Gasteiger partial charge in [-0.3, -0.25) is 9.59 Å². The number of ether oxygens (including phenoxy) is 1. The Kier molecular flexibility index (Phi) is 7.16. The molecule has 0 saturated heterocycles. The van der Waals surface area contributed by atoms with Crippen LogP contribution in [0.1, 0.15) is 25.7 Å². The minimum atomic E-state index is -0.556. The van der Waals surface area contributed by atoms with E-state index in [9.17, 15) is 14.7 Å². The minimum absolute atomic E-state index is 0.0828. The lowest BCUT2D eigenvalue weighted by Gasteiger charge is -2.16. The second-order valence-electron chi connectivity index (χ2n) is 4.74. The van der Waals surface area contributed by atoms with Crippen molar-refractivity contribution in [2.75, 3.05) is 18.6 Å². The predicted octanol–water partition coefficient (Wildman–Crippen LogP) is 1.81. The number of aliphatic hydroxyl groups excluding tert-OH is 1. The molecule has 1 fully saturated rings. The lowest BCUT2D eigenvalue weighted by molar-refractivity contribution is -0.140. The maximum atomic E-state index is 11.7. The summed E-state index contributed by atoms with van der Waals surface area (Å²) in [6.07, 6.45) is 3.41. The molecule has 3 unspecified atom stereocenters. The molecule has 108 valence electrons. The number of carbonyl (C=O) groups is 2. The van der Waals surface area contributed by atoms with Gasteiger partial charge in [-0.1, -0.05) is 6.08 Å². The third-order valence-corrected chi connectivity index (χ3v) is 4.58. The van der Waals surface area contributed by atoms with Crippen LogP contribution in [-0.4, -0.2) is 41.6 Å². The lowest BCUT2D eigenvalue weighted by atomic mass is 9.92. The molecular weight excluding hydrogens is 264 g/mol. The van der Waals surface area contributed by atoms with E-state index >= 15 is 0 Å². The number of Topliss-reactive ketones (excluding diaryl/α,β-unsaturated/α-hetero) is 1. The van der Waals surface area contributed by atoms with Crippen LogP contribution in [0.4, 0.5) is 0 Å². The third-order valence-electron chi connectivity index (χ3n) is 3.48. The van der Waals surface area contributed by atoms with Gasteiger partial charge in [0.1, 0.15) is 5.78 Å². The summed E-state index contributed by atoms with van der Waals surface area (Å²) in [7, 11) is 1.39. The zero-order valence-corrected chi connectivity index (χ0v) is 12.2. The summed E-state index contributed by atoms with van der Waals surface area (Å²) in [4.78, 5) is 22.6. The molecule has 0 bridgehead atoms. The normalized spacial score (nSPS) is 26.4. The molecule has 3 atom stereocenters. The Balaban J connectivity index is 2.16. The van der Waals surface area contributed by atoms with Crippen LogP contribution < -0.4 is 0 Å². The SMILES string of the molecule is C=CC1C(O)CC(=O)C1CCSCCCC(=O)OC. The molecule has 0 aromatic rings. The van der Waals surface area contributed by atoms with E-state index in [-0.39, 0.29) is 30.0 Å². The first-order chi connectivity index (χ1) is 9.10. The average Bonchev–Trinajstić information content (AvgIpc) is 2.67. The topological polar surface area (TPSA) is 63.6 Å². The van der Waals surface area contributed by atoms with Crippen molar-refractivity contribution in [1.29, 1.82) is 0 Å². The number of carbonyl (C=O) groups excluding carboxylic acids is 2. The van der Waals surface area contributed by atoms with Crippen molar-refractivity contribution < 1.29 is 19.4 Å². The van der Waals surface area contributed by atoms with Crippen LogP contribution in [0.5, 0.6) is 0 Å². The van der Waals surface area contributed by atoms with E-state index in [1.165, 1.54) is 7.11 Å². The highest BCUT2D eigenvalue weighted by Crippen LogP contribution is 2.33. The molecule has 0 spiro atoms. The Bertz CT molecular complexity index is 329. The van der Waals surface area contributed by atoms with E-state index < -0.39 is 6.10 Å². The molecule has 0 aromatic heterocycles. The summed E-state index contributed by atoms with van der Waals surface area (Å²) in [5.41, 5.74) is 0. The largest absolute Gasteiger partial charge is 0.469 e. The van der Waals surface area contributed by atoms with Gasteiger partial charge in [-0.05, 0) is 24.3 Å². The van der Waals surface area contributed by atoms with Crippen molar-refractivity contribution in [3.8, 4) is 0 Å². The van der Waals surface area contributed by atoms with Crippen LogP contribution in [0.25, 0.3) is 0 Å². The molecule has 5 heteroatoms. The average molecular weight is 286 g/mol. The Morgan fingerprint density at radius 2 is 2.32 bits per heavy atom. The fourth-order valence-corrected chi connectivity index (χ4v) is 3.36. The van der Waals surface area contributed by atoms with E-state index in [0.717, 1.165) is 24.3 Å². The number of hydrogen-bond donors (Lipinski definition) is 1. The maximum absolute atomic E-state index is 11.7. The standard InChI is InChI=1S/C14H22O4S/c1-3-10-11(13(16)9-12(10)15)6-8-19-7-4-5-14(17)18-2/h3,10-12,15H,1,4-9H2,2H3. The summed E-state index contributed by atoms with van der Waals surface area (Å²) in [6.45, 7) is 3.69. The summed E-state index contributed by atoms with van der Waals surface area (Å²) < 4.78 is 4.56. The van der Waals surface area contributed by atoms with E-state index in [4.69, 9.17) is 0 Å². The molecule has 19 heavy (non-hydrogen) atoms. The van der Waals surface area contributed by atoms with Gasteiger partial charge in [0, 0.05) is 24.7 Å². The molecule has 1 aliphatic rings. The lowest BCUT2D eigenvalue weighted by Crippen LogP contribution is -2.18. The fraction of sp³-hybridized carbons (Fsp3) is 0.714. The Morgan fingerprint density at radius 3 is 2.95 bits per heavy atom. The molecule has 1 saturated carbocycles. The predicted molar refractivity (Wildman–Crippen MR) is 76.0 cm³/mol. The van der Waals surface area contributed by atoms with Gasteiger partial charge in [0.25, 0.3) is 0 Å². The fourth-order valence-electron chi connectivity index (χ4n) is 2.38. The van der Waals surface area contributed by atoms with Gasteiger partial charge in [-0.25, -0.2) is 0 Å². The van der Waals surface area contributed by atoms with Crippen molar-refractivity contribution in [2.45, 2.75) is 31.8 Å². The number of ketones is 1. The van der Waals surface area contributed by atoms with E-state index in [1.54, 1.807) is 17.8 Å². The molecule has 4 nitrogen and oxygen atoms in total. The monoisotopic (exact) mass is 286 g/mol. The first kappa shape index (κ1) is 16.2. The molecule has 1 aliphatic carbocycles. The minimum Gasteiger partial charge on any atom is -0.469 e. The number of aliphatic hydroxyl groups is 1. The van der Waals surface area contributed by atoms with Gasteiger partial charge in [-0.15, -0.1) is 6.58 Å². The van der Waals surface area contributed by atoms with Crippen molar-refractivity contribution in [1.82, 2.24) is 0 Å². The summed E-state index contributed by atoms with van der Waals surface area (Å²) in [5, 5.41) is 9.71. The molecule has 1 rings (SSSR count). The van der Waals surface area contributed by atoms with Crippen LogP contribution in [0.15, 0.2) is 12.7 Å². The molecule has 0 radical (unpaired) electrons. The second kappa shape index (κ2) is 8.38. The molecule has 0 aromatic carbocycles. The van der Waals surface area contributed by atoms with Gasteiger partial charge in [-0.2, -0.15) is 11.8 Å². The number of hydrogen-bond acceptors (Lipinski definition) is 5. The van der Waals surface area contributed by atoms with Crippen LogP contribution in [-0.2, 0) is 14.3 Å². The molecular formula is C14H22O4S. The third kappa shape index (κ3) is 4.99. The highest BCUT2D eigenvalue weighted by Gasteiger charge is 2.38. The first-order valence-corrected chi connectivity index (χ1v) is 7.73. The molecule has 1 N–H and O–H groups in total. The highest BCUT2D eigenvalue weighted by molar-refractivity contribution is 7.99. The molecule has 0 aliphatic heterocycles. The number of thioether (sulfide) groups is 1. The quantitative estimate of drug-likeness (QED) is 0.419. The zero-order valence-electron chi connectivity index (χ0n) is 11.3. The first-order valence-electron chi connectivity index (χ1n) is 6.58. The molecule has 0 heterocycles. The van der Waals surface area contributed by atoms with Gasteiger partial charge in [0.2, 0.25) is 0 Å². The molecule has 0 amide bonds. The summed E-state index contributed by atoms with van der Waals surface area (Å²) in [5.74, 6) is 1.55. The maximum Gasteiger partial charge on any atom is 0.305 e. The Hall–Kier alpha value is -0.810. The van der Waals surface area contributed by atoms with Gasteiger partial charge in [0.05, 0.1) is 13.2 Å². The van der Waals surface area contributed by atoms with Crippen molar-refractivity contribution in [3.05, 3.63) is 12.7 Å². The summed E-state index contributed by atoms with van der Waals surface area (Å²) >= 11 is 1.73. The van der Waals surface area contributed by atoms with Crippen molar-refractivity contribution >= 4 is 23.5 Å². The zero-order chi connectivity index (χ0) is 14.3. The van der Waals surface area contributed by atoms with E-state index in [0.29, 0.717) is 6.42 Å². The van der Waals surface area contributed by atoms with E-state index in [1.807, 2.05) is 0 Å². The number of rotatable bonds is 8. The number of methoxy groups -OCH3 is 1. The highest BCUT2D eigenvalue weighted by atomic mass is 32.2. The van der Waals surface area contributed by atoms with Gasteiger partial charge < -0.3 is 9.84 Å². The van der Waals surface area contributed by atoms with Crippen LogP contribution in [0.3, 0.4) is 0 Å². The van der Waals surface area contributed by atoms with Gasteiger partial charge in [0.15, 0.2) is 0 Å². The van der Waals surface area contributed by atoms with Crippen LogP contribution >= 0.6 is 11.8 Å². The second-order valence-corrected chi connectivity index (χ2v) is 5.96. The van der Waals surface area contributed by atoms with E-state index in [2.05, 4.69) is 11.3 Å². The Morgan fingerprint density at radius 1 is 1.58 bits per heavy atom. The smallest absolute Gasteiger partial charge is 0.305 e.